The molecule has 174 valence electrons. The normalized spacial score (nSPS) is 15.4. The number of halogens is 6. The van der Waals surface area contributed by atoms with Crippen molar-refractivity contribution >= 4 is 5.97 Å². The Labute approximate surface area is 181 Å². The number of methoxy groups -OCH3 is 1. The van der Waals surface area contributed by atoms with E-state index >= 15 is 0 Å². The van der Waals surface area contributed by atoms with Gasteiger partial charge in [0.1, 0.15) is 0 Å². The molecule has 32 heavy (non-hydrogen) atoms. The van der Waals surface area contributed by atoms with Crippen molar-refractivity contribution in [2.24, 2.45) is 0 Å². The minimum Gasteiger partial charge on any atom is -0.466 e. The van der Waals surface area contributed by atoms with E-state index < -0.39 is 41.0 Å². The van der Waals surface area contributed by atoms with Gasteiger partial charge in [-0.2, -0.15) is 26.3 Å². The van der Waals surface area contributed by atoms with Crippen LogP contribution in [0.1, 0.15) is 42.2 Å². The van der Waals surface area contributed by atoms with E-state index in [4.69, 9.17) is 4.74 Å². The minimum atomic E-state index is -4.95. The van der Waals surface area contributed by atoms with E-state index in [2.05, 4.69) is 4.74 Å². The quantitative estimate of drug-likeness (QED) is 0.269. The highest BCUT2D eigenvalue weighted by Gasteiger charge is 2.37. The molecule has 9 heteroatoms. The highest BCUT2D eigenvalue weighted by molar-refractivity contribution is 5.82. The molecule has 0 unspecified atom stereocenters. The van der Waals surface area contributed by atoms with Crippen LogP contribution in [-0.2, 0) is 32.0 Å². The molecule has 0 aromatic heterocycles. The molecular weight excluding hydrogens is 438 g/mol. The SMILES string of the molecule is COC(=O)C=C[C@@](C)(CO[C@H](C)c1cc(C(F)(F)F)cc(C(F)(F)F)c1)c1ccccc1. The fourth-order valence-corrected chi connectivity index (χ4v) is 2.97. The van der Waals surface area contributed by atoms with Crippen LogP contribution in [0.2, 0.25) is 0 Å². The lowest BCUT2D eigenvalue weighted by atomic mass is 9.83. The van der Waals surface area contributed by atoms with Gasteiger partial charge in [-0.15, -0.1) is 0 Å². The molecule has 0 N–H and O–H groups in total. The molecule has 0 aliphatic rings. The van der Waals surface area contributed by atoms with Crippen LogP contribution in [0.3, 0.4) is 0 Å². The molecule has 2 aromatic rings. The summed E-state index contributed by atoms with van der Waals surface area (Å²) in [6.07, 6.45) is -8.27. The number of ether oxygens (including phenoxy) is 2. The molecule has 2 atom stereocenters. The van der Waals surface area contributed by atoms with Crippen molar-refractivity contribution in [3.63, 3.8) is 0 Å². The molecule has 0 radical (unpaired) electrons. The molecule has 0 fully saturated rings. The van der Waals surface area contributed by atoms with Gasteiger partial charge in [-0.25, -0.2) is 4.79 Å². The van der Waals surface area contributed by atoms with Crippen molar-refractivity contribution in [1.29, 1.82) is 0 Å². The van der Waals surface area contributed by atoms with Crippen molar-refractivity contribution in [2.45, 2.75) is 37.7 Å². The number of alkyl halides is 6. The molecular formula is C23H22F6O3. The van der Waals surface area contributed by atoms with Crippen LogP contribution in [0.15, 0.2) is 60.7 Å². The van der Waals surface area contributed by atoms with E-state index in [-0.39, 0.29) is 18.2 Å². The van der Waals surface area contributed by atoms with Gasteiger partial charge in [-0.3, -0.25) is 0 Å². The third-order valence-electron chi connectivity index (χ3n) is 4.93. The Morgan fingerprint density at radius 1 is 0.938 bits per heavy atom. The summed E-state index contributed by atoms with van der Waals surface area (Å²) in [5.74, 6) is -0.618. The van der Waals surface area contributed by atoms with E-state index in [1.54, 1.807) is 37.3 Å². The van der Waals surface area contributed by atoms with E-state index in [0.717, 1.165) is 5.56 Å². The lowest BCUT2D eigenvalue weighted by molar-refractivity contribution is -0.143. The Bertz CT molecular complexity index is 918. The van der Waals surface area contributed by atoms with Crippen LogP contribution in [-0.4, -0.2) is 19.7 Å². The highest BCUT2D eigenvalue weighted by atomic mass is 19.4. The Hall–Kier alpha value is -2.81. The van der Waals surface area contributed by atoms with E-state index in [1.807, 2.05) is 0 Å². The second kappa shape index (κ2) is 9.77. The Morgan fingerprint density at radius 2 is 1.47 bits per heavy atom. The largest absolute Gasteiger partial charge is 0.466 e. The molecule has 2 rings (SSSR count). The fourth-order valence-electron chi connectivity index (χ4n) is 2.97. The van der Waals surface area contributed by atoms with Crippen molar-refractivity contribution in [3.8, 4) is 0 Å². The Kier molecular flexibility index (Phi) is 7.77. The predicted octanol–water partition coefficient (Wildman–Crippen LogP) is 6.49. The first-order chi connectivity index (χ1) is 14.8. The van der Waals surface area contributed by atoms with Crippen molar-refractivity contribution in [1.82, 2.24) is 0 Å². The maximum atomic E-state index is 13.1. The first-order valence-corrected chi connectivity index (χ1v) is 9.50. The average molecular weight is 460 g/mol. The summed E-state index contributed by atoms with van der Waals surface area (Å²) >= 11 is 0. The van der Waals surface area contributed by atoms with Crippen molar-refractivity contribution < 1.29 is 40.6 Å². The van der Waals surface area contributed by atoms with Gasteiger partial charge in [0.25, 0.3) is 0 Å². The number of hydrogen-bond acceptors (Lipinski definition) is 3. The number of carbonyl (C=O) groups is 1. The zero-order chi connectivity index (χ0) is 24.2. The smallest absolute Gasteiger partial charge is 0.416 e. The molecule has 0 bridgehead atoms. The van der Waals surface area contributed by atoms with Gasteiger partial charge in [-0.05, 0) is 43.2 Å². The number of carbonyl (C=O) groups excluding carboxylic acids is 1. The number of benzene rings is 2. The van der Waals surface area contributed by atoms with E-state index in [1.165, 1.54) is 26.2 Å². The molecule has 0 saturated carbocycles. The third-order valence-corrected chi connectivity index (χ3v) is 4.93. The monoisotopic (exact) mass is 460 g/mol. The summed E-state index contributed by atoms with van der Waals surface area (Å²) in [5, 5.41) is 0. The van der Waals surface area contributed by atoms with Crippen molar-refractivity contribution in [3.05, 3.63) is 82.9 Å². The molecule has 0 aliphatic heterocycles. The Morgan fingerprint density at radius 3 is 1.94 bits per heavy atom. The second-order valence-electron chi connectivity index (χ2n) is 7.43. The van der Waals surface area contributed by atoms with Gasteiger partial charge < -0.3 is 9.47 Å². The lowest BCUT2D eigenvalue weighted by Gasteiger charge is -2.29. The molecule has 0 saturated heterocycles. The summed E-state index contributed by atoms with van der Waals surface area (Å²) in [6, 6.07) is 10.2. The van der Waals surface area contributed by atoms with Gasteiger partial charge in [0.2, 0.25) is 0 Å². The Balaban J connectivity index is 2.36. The lowest BCUT2D eigenvalue weighted by Crippen LogP contribution is -2.27. The summed E-state index contributed by atoms with van der Waals surface area (Å²) in [4.78, 5) is 11.5. The van der Waals surface area contributed by atoms with Crippen LogP contribution < -0.4 is 0 Å². The third kappa shape index (κ3) is 6.59. The fraction of sp³-hybridized carbons (Fsp3) is 0.348. The number of rotatable bonds is 7. The topological polar surface area (TPSA) is 35.5 Å². The maximum absolute atomic E-state index is 13.1. The standard InChI is InChI=1S/C23H22F6O3/c1-15(16-11-18(22(24,25)26)13-19(12-16)23(27,28)29)32-14-21(2,10-9-20(30)31-3)17-7-5-4-6-8-17/h4-13,15H,14H2,1-3H3/t15-,21+/m1/s1. The van der Waals surface area contributed by atoms with Gasteiger partial charge in [0, 0.05) is 11.5 Å². The zero-order valence-electron chi connectivity index (χ0n) is 17.6. The summed E-state index contributed by atoms with van der Waals surface area (Å²) in [7, 11) is 1.21. The average Bonchev–Trinajstić information content (AvgIpc) is 2.74. The first kappa shape index (κ1) is 25.5. The molecule has 0 spiro atoms. The first-order valence-electron chi connectivity index (χ1n) is 9.50. The second-order valence-corrected chi connectivity index (χ2v) is 7.43. The molecule has 0 aliphatic carbocycles. The van der Waals surface area contributed by atoms with Gasteiger partial charge >= 0.3 is 18.3 Å². The van der Waals surface area contributed by atoms with Crippen LogP contribution in [0.5, 0.6) is 0 Å². The van der Waals surface area contributed by atoms with Crippen LogP contribution >= 0.6 is 0 Å². The highest BCUT2D eigenvalue weighted by Crippen LogP contribution is 2.38. The van der Waals surface area contributed by atoms with Crippen LogP contribution in [0.4, 0.5) is 26.3 Å². The molecule has 2 aromatic carbocycles. The van der Waals surface area contributed by atoms with E-state index in [0.29, 0.717) is 12.1 Å². The maximum Gasteiger partial charge on any atom is 0.416 e. The number of esters is 1. The minimum absolute atomic E-state index is 0.0728. The van der Waals surface area contributed by atoms with Crippen LogP contribution in [0.25, 0.3) is 0 Å². The van der Waals surface area contributed by atoms with Gasteiger partial charge in [0.15, 0.2) is 0 Å². The van der Waals surface area contributed by atoms with Crippen molar-refractivity contribution in [2.75, 3.05) is 13.7 Å². The molecule has 0 heterocycles. The summed E-state index contributed by atoms with van der Waals surface area (Å²) in [5.41, 5.74) is -3.26. The molecule has 0 amide bonds. The summed E-state index contributed by atoms with van der Waals surface area (Å²) < 4.78 is 89.2. The predicted molar refractivity (Wildman–Crippen MR) is 106 cm³/mol. The van der Waals surface area contributed by atoms with Crippen LogP contribution in [0, 0.1) is 0 Å². The van der Waals surface area contributed by atoms with Gasteiger partial charge in [0.05, 0.1) is 30.9 Å². The number of hydrogen-bond donors (Lipinski definition) is 0. The van der Waals surface area contributed by atoms with Gasteiger partial charge in [-0.1, -0.05) is 36.4 Å². The zero-order valence-corrected chi connectivity index (χ0v) is 17.6. The van der Waals surface area contributed by atoms with E-state index in [9.17, 15) is 31.1 Å². The molecule has 3 nitrogen and oxygen atoms in total. The summed E-state index contributed by atoms with van der Waals surface area (Å²) in [6.45, 7) is 2.97.